The van der Waals surface area contributed by atoms with Crippen LogP contribution in [0.15, 0.2) is 23.4 Å². The third-order valence-corrected chi connectivity index (χ3v) is 6.35. The SMILES string of the molecule is CCn1c(CC2CCCCC2)nnc1SCC(=O)Nc1ccc(Cl)c([N+](=O)[O-])c1. The molecule has 1 heterocycles. The van der Waals surface area contributed by atoms with E-state index in [1.807, 2.05) is 6.92 Å². The molecule has 1 aromatic carbocycles. The van der Waals surface area contributed by atoms with Crippen LogP contribution in [0.1, 0.15) is 44.9 Å². The maximum Gasteiger partial charge on any atom is 0.289 e. The molecule has 29 heavy (non-hydrogen) atoms. The average Bonchev–Trinajstić information content (AvgIpc) is 3.10. The third kappa shape index (κ3) is 5.70. The van der Waals surface area contributed by atoms with Crippen molar-refractivity contribution in [3.63, 3.8) is 0 Å². The van der Waals surface area contributed by atoms with Crippen LogP contribution in [0.25, 0.3) is 0 Å². The predicted octanol–water partition coefficient (Wildman–Crippen LogP) is 4.71. The number of nitro benzene ring substituents is 1. The monoisotopic (exact) mass is 437 g/mol. The highest BCUT2D eigenvalue weighted by Gasteiger charge is 2.20. The lowest BCUT2D eigenvalue weighted by atomic mass is 9.87. The second-order valence-electron chi connectivity index (χ2n) is 7.11. The number of hydrogen-bond acceptors (Lipinski definition) is 6. The normalized spacial score (nSPS) is 14.7. The number of benzene rings is 1. The van der Waals surface area contributed by atoms with E-state index in [0.29, 0.717) is 11.6 Å². The van der Waals surface area contributed by atoms with Crippen molar-refractivity contribution in [2.75, 3.05) is 11.1 Å². The van der Waals surface area contributed by atoms with Gasteiger partial charge in [-0.15, -0.1) is 10.2 Å². The van der Waals surface area contributed by atoms with E-state index in [-0.39, 0.29) is 22.4 Å². The number of nitrogens with one attached hydrogen (secondary N) is 1. The fraction of sp³-hybridized carbons (Fsp3) is 0.526. The number of anilines is 1. The summed E-state index contributed by atoms with van der Waals surface area (Å²) in [4.78, 5) is 22.7. The summed E-state index contributed by atoms with van der Waals surface area (Å²) in [7, 11) is 0. The standard InChI is InChI=1S/C19H24ClN5O3S/c1-2-24-17(10-13-6-4-3-5-7-13)22-23-19(24)29-12-18(26)21-14-8-9-15(20)16(11-14)25(27)28/h8-9,11,13H,2-7,10,12H2,1H3,(H,21,26). The van der Waals surface area contributed by atoms with Crippen LogP contribution in [-0.2, 0) is 17.8 Å². The topological polar surface area (TPSA) is 103 Å². The van der Waals surface area contributed by atoms with Crippen molar-refractivity contribution < 1.29 is 9.72 Å². The summed E-state index contributed by atoms with van der Waals surface area (Å²) < 4.78 is 2.07. The van der Waals surface area contributed by atoms with Gasteiger partial charge in [-0.25, -0.2) is 0 Å². The molecule has 0 atom stereocenters. The minimum Gasteiger partial charge on any atom is -0.325 e. The number of nitrogens with zero attached hydrogens (tertiary/aromatic N) is 4. The number of carbonyl (C=O) groups is 1. The first-order chi connectivity index (χ1) is 14.0. The number of hydrogen-bond donors (Lipinski definition) is 1. The van der Waals surface area contributed by atoms with E-state index in [0.717, 1.165) is 23.9 Å². The first kappa shape index (κ1) is 21.6. The number of aromatic nitrogens is 3. The molecule has 0 spiro atoms. The Kier molecular flexibility index (Phi) is 7.49. The first-order valence-corrected chi connectivity index (χ1v) is 11.1. The quantitative estimate of drug-likeness (QED) is 0.364. The number of nitro groups is 1. The number of halogens is 1. The summed E-state index contributed by atoms with van der Waals surface area (Å²) in [5.41, 5.74) is 0.0943. The Morgan fingerprint density at radius 2 is 2.10 bits per heavy atom. The van der Waals surface area contributed by atoms with Crippen molar-refractivity contribution in [2.45, 2.75) is 57.1 Å². The van der Waals surface area contributed by atoms with Gasteiger partial charge >= 0.3 is 0 Å². The summed E-state index contributed by atoms with van der Waals surface area (Å²) in [5.74, 6) is 1.51. The number of carbonyl (C=O) groups excluding carboxylic acids is 1. The van der Waals surface area contributed by atoms with E-state index in [1.54, 1.807) is 0 Å². The Morgan fingerprint density at radius 1 is 1.34 bits per heavy atom. The van der Waals surface area contributed by atoms with Gasteiger partial charge in [-0.3, -0.25) is 14.9 Å². The Morgan fingerprint density at radius 3 is 2.79 bits per heavy atom. The highest BCUT2D eigenvalue weighted by molar-refractivity contribution is 7.99. The predicted molar refractivity (Wildman–Crippen MR) is 113 cm³/mol. The lowest BCUT2D eigenvalue weighted by molar-refractivity contribution is -0.384. The van der Waals surface area contributed by atoms with Crippen LogP contribution in [0.5, 0.6) is 0 Å². The molecule has 1 aliphatic rings. The fourth-order valence-electron chi connectivity index (χ4n) is 3.60. The summed E-state index contributed by atoms with van der Waals surface area (Å²) in [6.45, 7) is 2.80. The van der Waals surface area contributed by atoms with Crippen LogP contribution in [0.4, 0.5) is 11.4 Å². The van der Waals surface area contributed by atoms with E-state index in [1.165, 1.54) is 62.1 Å². The Balaban J connectivity index is 1.58. The molecule has 1 aliphatic carbocycles. The van der Waals surface area contributed by atoms with Gasteiger partial charge < -0.3 is 9.88 Å². The maximum absolute atomic E-state index is 12.3. The highest BCUT2D eigenvalue weighted by Crippen LogP contribution is 2.29. The molecule has 0 aliphatic heterocycles. The molecular weight excluding hydrogens is 414 g/mol. The van der Waals surface area contributed by atoms with Crippen molar-refractivity contribution in [1.82, 2.24) is 14.8 Å². The van der Waals surface area contributed by atoms with Crippen LogP contribution in [0, 0.1) is 16.0 Å². The van der Waals surface area contributed by atoms with Gasteiger partial charge in [0.15, 0.2) is 5.16 Å². The van der Waals surface area contributed by atoms with Crippen LogP contribution < -0.4 is 5.32 Å². The summed E-state index contributed by atoms with van der Waals surface area (Å²) in [6.07, 6.45) is 7.32. The van der Waals surface area contributed by atoms with Crippen molar-refractivity contribution in [2.24, 2.45) is 5.92 Å². The summed E-state index contributed by atoms with van der Waals surface area (Å²) >= 11 is 7.11. The van der Waals surface area contributed by atoms with E-state index in [4.69, 9.17) is 11.6 Å². The van der Waals surface area contributed by atoms with Crippen molar-refractivity contribution >= 4 is 40.6 Å². The zero-order chi connectivity index (χ0) is 20.8. The Hall–Kier alpha value is -2.13. The Labute approximate surface area is 178 Å². The van der Waals surface area contributed by atoms with Gasteiger partial charge in [0.05, 0.1) is 10.7 Å². The van der Waals surface area contributed by atoms with Gasteiger partial charge in [-0.05, 0) is 25.0 Å². The molecule has 156 valence electrons. The zero-order valence-corrected chi connectivity index (χ0v) is 17.8. The van der Waals surface area contributed by atoms with Crippen molar-refractivity contribution in [1.29, 1.82) is 0 Å². The fourth-order valence-corrected chi connectivity index (χ4v) is 4.61. The van der Waals surface area contributed by atoms with Gasteiger partial charge in [-0.1, -0.05) is 55.5 Å². The lowest BCUT2D eigenvalue weighted by Crippen LogP contribution is -2.15. The van der Waals surface area contributed by atoms with Crippen LogP contribution in [-0.4, -0.2) is 31.3 Å². The average molecular weight is 438 g/mol. The molecule has 2 aromatic rings. The van der Waals surface area contributed by atoms with Crippen molar-refractivity contribution in [3.05, 3.63) is 39.2 Å². The molecule has 3 rings (SSSR count). The number of thioether (sulfide) groups is 1. The molecule has 0 saturated heterocycles. The number of rotatable bonds is 8. The van der Waals surface area contributed by atoms with Gasteiger partial charge in [0.1, 0.15) is 10.8 Å². The minimum atomic E-state index is -0.579. The van der Waals surface area contributed by atoms with Gasteiger partial charge in [0, 0.05) is 24.7 Å². The largest absolute Gasteiger partial charge is 0.325 e. The maximum atomic E-state index is 12.3. The first-order valence-electron chi connectivity index (χ1n) is 9.76. The van der Waals surface area contributed by atoms with Crippen LogP contribution in [0.3, 0.4) is 0 Å². The molecule has 0 bridgehead atoms. The molecular formula is C19H24ClN5O3S. The van der Waals surface area contributed by atoms with Crippen molar-refractivity contribution in [3.8, 4) is 0 Å². The third-order valence-electron chi connectivity index (χ3n) is 5.06. The van der Waals surface area contributed by atoms with Gasteiger partial charge in [-0.2, -0.15) is 0 Å². The number of amides is 1. The molecule has 1 amide bonds. The second kappa shape index (κ2) is 10.1. The molecule has 0 unspecified atom stereocenters. The van der Waals surface area contributed by atoms with Crippen LogP contribution in [0.2, 0.25) is 5.02 Å². The van der Waals surface area contributed by atoms with E-state index in [2.05, 4.69) is 20.1 Å². The van der Waals surface area contributed by atoms with Crippen LogP contribution >= 0.6 is 23.4 Å². The smallest absolute Gasteiger partial charge is 0.289 e. The summed E-state index contributed by atoms with van der Waals surface area (Å²) in [6, 6.07) is 4.18. The Bertz CT molecular complexity index is 883. The second-order valence-corrected chi connectivity index (χ2v) is 8.46. The molecule has 10 heteroatoms. The molecule has 1 saturated carbocycles. The van der Waals surface area contributed by atoms with E-state index < -0.39 is 4.92 Å². The molecule has 0 radical (unpaired) electrons. The minimum absolute atomic E-state index is 0.0314. The lowest BCUT2D eigenvalue weighted by Gasteiger charge is -2.21. The zero-order valence-electron chi connectivity index (χ0n) is 16.3. The van der Waals surface area contributed by atoms with Gasteiger partial charge in [0.25, 0.3) is 5.69 Å². The molecule has 8 nitrogen and oxygen atoms in total. The molecule has 1 fully saturated rings. The van der Waals surface area contributed by atoms with E-state index in [9.17, 15) is 14.9 Å². The summed E-state index contributed by atoms with van der Waals surface area (Å²) in [5, 5.41) is 23.0. The highest BCUT2D eigenvalue weighted by atomic mass is 35.5. The van der Waals surface area contributed by atoms with E-state index >= 15 is 0 Å². The van der Waals surface area contributed by atoms with Gasteiger partial charge in [0.2, 0.25) is 5.91 Å². The molecule has 1 aromatic heterocycles. The molecule has 1 N–H and O–H groups in total.